The Kier molecular flexibility index (Phi) is 4.08. The fourth-order valence-electron chi connectivity index (χ4n) is 4.41. The zero-order chi connectivity index (χ0) is 19.1. The normalized spacial score (nSPS) is 23.2. The van der Waals surface area contributed by atoms with Gasteiger partial charge < -0.3 is 20.3 Å². The van der Waals surface area contributed by atoms with Crippen LogP contribution in [0.2, 0.25) is 0 Å². The van der Waals surface area contributed by atoms with E-state index in [4.69, 9.17) is 9.84 Å². The fraction of sp³-hybridized carbons (Fsp3) is 0.450. The van der Waals surface area contributed by atoms with Crippen LogP contribution in [0.4, 0.5) is 4.79 Å². The molecule has 2 N–H and O–H groups in total. The Morgan fingerprint density at radius 2 is 2.00 bits per heavy atom. The number of nitrogens with one attached hydrogen (secondary N) is 2. The molecule has 1 spiro atoms. The molecule has 2 fully saturated rings. The Morgan fingerprint density at radius 1 is 1.21 bits per heavy atom. The minimum atomic E-state index is -0.471. The maximum atomic E-state index is 12.7. The van der Waals surface area contributed by atoms with Crippen LogP contribution in [-0.2, 0) is 21.6 Å². The third-order valence-corrected chi connectivity index (χ3v) is 5.95. The van der Waals surface area contributed by atoms with Gasteiger partial charge >= 0.3 is 6.03 Å². The molecule has 2 aromatic rings. The Morgan fingerprint density at radius 3 is 2.71 bits per heavy atom. The zero-order valence-corrected chi connectivity index (χ0v) is 15.6. The molecule has 3 amide bonds. The van der Waals surface area contributed by atoms with Crippen LogP contribution in [0.25, 0.3) is 5.69 Å². The summed E-state index contributed by atoms with van der Waals surface area (Å²) in [5.41, 5.74) is 2.83. The molecule has 0 bridgehead atoms. The third-order valence-electron chi connectivity index (χ3n) is 5.95. The average Bonchev–Trinajstić information content (AvgIpc) is 3.36. The summed E-state index contributed by atoms with van der Waals surface area (Å²) in [5, 5.41) is 10.2. The van der Waals surface area contributed by atoms with Crippen molar-refractivity contribution in [3.8, 4) is 5.69 Å². The van der Waals surface area contributed by atoms with Gasteiger partial charge in [0.05, 0.1) is 18.0 Å². The summed E-state index contributed by atoms with van der Waals surface area (Å²) in [7, 11) is 0. The zero-order valence-electron chi connectivity index (χ0n) is 15.6. The monoisotopic (exact) mass is 381 g/mol. The number of hydrogen-bond donors (Lipinski definition) is 2. The van der Waals surface area contributed by atoms with E-state index in [2.05, 4.69) is 16.8 Å². The fourth-order valence-corrected chi connectivity index (χ4v) is 4.41. The molecule has 8 heteroatoms. The van der Waals surface area contributed by atoms with E-state index in [0.717, 1.165) is 17.8 Å². The van der Waals surface area contributed by atoms with Crippen LogP contribution in [0.1, 0.15) is 24.1 Å². The van der Waals surface area contributed by atoms with Gasteiger partial charge in [-0.1, -0.05) is 18.2 Å². The second-order valence-corrected chi connectivity index (χ2v) is 7.61. The van der Waals surface area contributed by atoms with Gasteiger partial charge in [-0.25, -0.2) is 9.48 Å². The van der Waals surface area contributed by atoms with Crippen LogP contribution in [0, 0.1) is 0 Å². The Balaban J connectivity index is 1.35. The van der Waals surface area contributed by atoms with E-state index in [1.807, 2.05) is 39.9 Å². The molecule has 28 heavy (non-hydrogen) atoms. The molecule has 4 heterocycles. The molecule has 0 aliphatic carbocycles. The number of para-hydroxylation sites is 1. The van der Waals surface area contributed by atoms with Crippen LogP contribution < -0.4 is 10.6 Å². The summed E-state index contributed by atoms with van der Waals surface area (Å²) >= 11 is 0. The van der Waals surface area contributed by atoms with Gasteiger partial charge in [0.1, 0.15) is 11.6 Å². The first-order valence-electron chi connectivity index (χ1n) is 9.76. The Labute approximate surface area is 162 Å². The molecule has 1 unspecified atom stereocenters. The van der Waals surface area contributed by atoms with Crippen molar-refractivity contribution in [2.75, 3.05) is 26.2 Å². The lowest BCUT2D eigenvalue weighted by molar-refractivity contribution is -0.142. The van der Waals surface area contributed by atoms with Gasteiger partial charge in [0.15, 0.2) is 0 Å². The number of hydrogen-bond acceptors (Lipinski definition) is 4. The van der Waals surface area contributed by atoms with Crippen molar-refractivity contribution in [1.29, 1.82) is 0 Å². The number of carbonyl (C=O) groups excluding carboxylic acids is 2. The van der Waals surface area contributed by atoms with Crippen molar-refractivity contribution in [2.24, 2.45) is 0 Å². The number of amides is 3. The second kappa shape index (κ2) is 6.63. The number of urea groups is 1. The van der Waals surface area contributed by atoms with E-state index in [9.17, 15) is 9.59 Å². The van der Waals surface area contributed by atoms with Crippen molar-refractivity contribution in [3.63, 3.8) is 0 Å². The van der Waals surface area contributed by atoms with E-state index >= 15 is 0 Å². The van der Waals surface area contributed by atoms with Crippen molar-refractivity contribution in [2.45, 2.75) is 30.9 Å². The lowest BCUT2D eigenvalue weighted by atomic mass is 9.83. The quantitative estimate of drug-likeness (QED) is 0.811. The van der Waals surface area contributed by atoms with Crippen LogP contribution in [0.15, 0.2) is 36.5 Å². The lowest BCUT2D eigenvalue weighted by Crippen LogP contribution is -2.53. The summed E-state index contributed by atoms with van der Waals surface area (Å²) in [5.74, 6) is -0.0287. The predicted molar refractivity (Wildman–Crippen MR) is 101 cm³/mol. The topological polar surface area (TPSA) is 88.5 Å². The van der Waals surface area contributed by atoms with E-state index in [1.165, 1.54) is 5.56 Å². The summed E-state index contributed by atoms with van der Waals surface area (Å²) in [6.07, 6.45) is 4.38. The number of nitrogens with zero attached hydrogens (tertiary/aromatic N) is 3. The molecule has 5 rings (SSSR count). The first-order valence-corrected chi connectivity index (χ1v) is 9.76. The highest BCUT2D eigenvalue weighted by atomic mass is 16.5. The van der Waals surface area contributed by atoms with Crippen LogP contribution in [0.5, 0.6) is 0 Å². The SMILES string of the molecule is O=C1NCC(C(=O)N2CCC3(CC2)OCCc2cn(-c4ccccc4)nc23)N1. The van der Waals surface area contributed by atoms with E-state index < -0.39 is 11.6 Å². The third kappa shape index (κ3) is 2.84. The highest BCUT2D eigenvalue weighted by molar-refractivity contribution is 5.90. The lowest BCUT2D eigenvalue weighted by Gasteiger charge is -2.43. The molecule has 1 atom stereocenters. The molecule has 2 saturated heterocycles. The average molecular weight is 381 g/mol. The summed E-state index contributed by atoms with van der Waals surface area (Å²) < 4.78 is 8.19. The highest BCUT2D eigenvalue weighted by Crippen LogP contribution is 2.41. The van der Waals surface area contributed by atoms with E-state index in [1.54, 1.807) is 0 Å². The van der Waals surface area contributed by atoms with Gasteiger partial charge in [-0.15, -0.1) is 0 Å². The molecule has 0 saturated carbocycles. The minimum Gasteiger partial charge on any atom is -0.368 e. The molecular weight excluding hydrogens is 358 g/mol. The first kappa shape index (κ1) is 17.2. The molecule has 0 radical (unpaired) electrons. The molecule has 1 aromatic carbocycles. The number of piperidine rings is 1. The summed E-state index contributed by atoms with van der Waals surface area (Å²) in [6, 6.07) is 9.33. The number of benzene rings is 1. The van der Waals surface area contributed by atoms with Crippen molar-refractivity contribution in [3.05, 3.63) is 47.8 Å². The van der Waals surface area contributed by atoms with Gasteiger partial charge in [-0.05, 0) is 37.0 Å². The van der Waals surface area contributed by atoms with E-state index in [0.29, 0.717) is 39.1 Å². The Hall–Kier alpha value is -2.87. The van der Waals surface area contributed by atoms with Gasteiger partial charge in [-0.3, -0.25) is 4.79 Å². The van der Waals surface area contributed by atoms with E-state index in [-0.39, 0.29) is 11.9 Å². The standard InChI is InChI=1S/C20H23N5O3/c26-18(16-12-21-19(27)22-16)24-9-7-20(8-10-24)17-14(6-11-28-20)13-25(23-17)15-4-2-1-3-5-15/h1-5,13,16H,6-12H2,(H2,21,22,27). The number of fused-ring (bicyclic) bond motifs is 2. The van der Waals surface area contributed by atoms with Crippen molar-refractivity contribution >= 4 is 11.9 Å². The maximum Gasteiger partial charge on any atom is 0.315 e. The smallest absolute Gasteiger partial charge is 0.315 e. The molecular formula is C20H23N5O3. The van der Waals surface area contributed by atoms with Gasteiger partial charge in [0, 0.05) is 25.8 Å². The molecule has 3 aliphatic heterocycles. The minimum absolute atomic E-state index is 0.0287. The predicted octanol–water partition coefficient (Wildman–Crippen LogP) is 0.944. The van der Waals surface area contributed by atoms with Crippen LogP contribution in [-0.4, -0.2) is 58.9 Å². The number of aromatic nitrogens is 2. The first-order chi connectivity index (χ1) is 13.6. The highest BCUT2D eigenvalue weighted by Gasteiger charge is 2.45. The number of likely N-dealkylation sites (tertiary alicyclic amines) is 1. The molecule has 8 nitrogen and oxygen atoms in total. The number of rotatable bonds is 2. The van der Waals surface area contributed by atoms with Crippen LogP contribution in [0.3, 0.4) is 0 Å². The molecule has 146 valence electrons. The molecule has 3 aliphatic rings. The summed E-state index contributed by atoms with van der Waals surface area (Å²) in [6.45, 7) is 2.22. The van der Waals surface area contributed by atoms with Crippen LogP contribution >= 0.6 is 0 Å². The van der Waals surface area contributed by atoms with Gasteiger partial charge in [0.25, 0.3) is 0 Å². The van der Waals surface area contributed by atoms with Crippen molar-refractivity contribution in [1.82, 2.24) is 25.3 Å². The number of ether oxygens (including phenoxy) is 1. The van der Waals surface area contributed by atoms with Gasteiger partial charge in [0.2, 0.25) is 5.91 Å². The second-order valence-electron chi connectivity index (χ2n) is 7.61. The maximum absolute atomic E-state index is 12.7. The summed E-state index contributed by atoms with van der Waals surface area (Å²) in [4.78, 5) is 25.8. The Bertz CT molecular complexity index is 902. The van der Waals surface area contributed by atoms with Gasteiger partial charge in [-0.2, -0.15) is 5.10 Å². The largest absolute Gasteiger partial charge is 0.368 e. The molecule has 1 aromatic heterocycles. The van der Waals surface area contributed by atoms with Crippen molar-refractivity contribution < 1.29 is 14.3 Å². The number of carbonyl (C=O) groups is 2.